The Labute approximate surface area is 123 Å². The molecule has 0 fully saturated rings. The van der Waals surface area contributed by atoms with Gasteiger partial charge < -0.3 is 8.92 Å². The van der Waals surface area contributed by atoms with Crippen LogP contribution in [0.3, 0.4) is 0 Å². The van der Waals surface area contributed by atoms with Crippen molar-refractivity contribution in [1.82, 2.24) is 0 Å². The van der Waals surface area contributed by atoms with Gasteiger partial charge >= 0.3 is 10.1 Å². The van der Waals surface area contributed by atoms with Crippen LogP contribution < -0.4 is 4.18 Å². The Morgan fingerprint density at radius 2 is 1.71 bits per heavy atom. The first-order chi connectivity index (χ1) is 10.0. The third kappa shape index (κ3) is 4.03. The number of ether oxygens (including phenoxy) is 1. The quantitative estimate of drug-likeness (QED) is 0.770. The molecule has 2 rings (SSSR count). The summed E-state index contributed by atoms with van der Waals surface area (Å²) in [6.07, 6.45) is 0.719. The smallest absolute Gasteiger partial charge is 0.342 e. The first-order valence-corrected chi connectivity index (χ1v) is 7.70. The molecular formula is C15H15FO4S. The molecule has 0 aliphatic carbocycles. The van der Waals surface area contributed by atoms with Crippen LogP contribution in [0.5, 0.6) is 5.75 Å². The predicted molar refractivity (Wildman–Crippen MR) is 76.2 cm³/mol. The van der Waals surface area contributed by atoms with Gasteiger partial charge in [-0.3, -0.25) is 0 Å². The Kier molecular flexibility index (Phi) is 4.93. The predicted octanol–water partition coefficient (Wildman–Crippen LogP) is 2.78. The summed E-state index contributed by atoms with van der Waals surface area (Å²) in [6, 6.07) is 11.6. The van der Waals surface area contributed by atoms with Gasteiger partial charge in [0.15, 0.2) is 0 Å². The average molecular weight is 310 g/mol. The summed E-state index contributed by atoms with van der Waals surface area (Å²) in [5.74, 6) is -0.700. The van der Waals surface area contributed by atoms with Crippen LogP contribution in [0.4, 0.5) is 4.39 Å². The molecule has 21 heavy (non-hydrogen) atoms. The molecule has 4 nitrogen and oxygen atoms in total. The SMILES string of the molecule is COCCc1ccc(OS(=O)(=O)c2ccccc2F)cc1. The Bertz CT molecular complexity index is 696. The minimum absolute atomic E-state index is 0.138. The van der Waals surface area contributed by atoms with E-state index in [1.807, 2.05) is 0 Å². The molecule has 0 aliphatic rings. The van der Waals surface area contributed by atoms with Crippen LogP contribution in [0, 0.1) is 5.82 Å². The number of methoxy groups -OCH3 is 1. The zero-order chi connectivity index (χ0) is 15.3. The lowest BCUT2D eigenvalue weighted by atomic mass is 10.1. The molecule has 112 valence electrons. The zero-order valence-corrected chi connectivity index (χ0v) is 12.3. The summed E-state index contributed by atoms with van der Waals surface area (Å²) < 4.78 is 47.4. The van der Waals surface area contributed by atoms with Crippen molar-refractivity contribution >= 4 is 10.1 Å². The molecule has 0 saturated carbocycles. The third-order valence-corrected chi connectivity index (χ3v) is 4.11. The van der Waals surface area contributed by atoms with Crippen LogP contribution in [0.2, 0.25) is 0 Å². The monoisotopic (exact) mass is 310 g/mol. The van der Waals surface area contributed by atoms with Gasteiger partial charge in [0, 0.05) is 7.11 Å². The average Bonchev–Trinajstić information content (AvgIpc) is 2.46. The number of benzene rings is 2. The van der Waals surface area contributed by atoms with Crippen molar-refractivity contribution in [3.63, 3.8) is 0 Å². The van der Waals surface area contributed by atoms with Gasteiger partial charge in [0.1, 0.15) is 16.5 Å². The van der Waals surface area contributed by atoms with E-state index in [2.05, 4.69) is 0 Å². The van der Waals surface area contributed by atoms with Crippen molar-refractivity contribution in [3.8, 4) is 5.75 Å². The number of halogens is 1. The fourth-order valence-corrected chi connectivity index (χ4v) is 2.76. The molecule has 0 heterocycles. The lowest BCUT2D eigenvalue weighted by molar-refractivity contribution is 0.202. The van der Waals surface area contributed by atoms with Crippen LogP contribution >= 0.6 is 0 Å². The Morgan fingerprint density at radius 3 is 2.33 bits per heavy atom. The van der Waals surface area contributed by atoms with Gasteiger partial charge in [-0.25, -0.2) is 4.39 Å². The van der Waals surface area contributed by atoms with Crippen LogP contribution in [-0.4, -0.2) is 22.1 Å². The zero-order valence-electron chi connectivity index (χ0n) is 11.5. The molecule has 0 saturated heterocycles. The van der Waals surface area contributed by atoms with Crippen molar-refractivity contribution in [2.24, 2.45) is 0 Å². The van der Waals surface area contributed by atoms with Crippen molar-refractivity contribution in [2.75, 3.05) is 13.7 Å². The highest BCUT2D eigenvalue weighted by atomic mass is 32.2. The van der Waals surface area contributed by atoms with E-state index >= 15 is 0 Å². The van der Waals surface area contributed by atoms with Crippen LogP contribution in [-0.2, 0) is 21.3 Å². The van der Waals surface area contributed by atoms with Gasteiger partial charge in [-0.05, 0) is 36.2 Å². The molecule has 0 aromatic heterocycles. The molecule has 0 bridgehead atoms. The maximum Gasteiger partial charge on any atom is 0.342 e. The minimum atomic E-state index is -4.17. The summed E-state index contributed by atoms with van der Waals surface area (Å²) in [5, 5.41) is 0. The molecule has 0 N–H and O–H groups in total. The van der Waals surface area contributed by atoms with Crippen molar-refractivity contribution < 1.29 is 21.7 Å². The number of hydrogen-bond acceptors (Lipinski definition) is 4. The van der Waals surface area contributed by atoms with E-state index in [9.17, 15) is 12.8 Å². The third-order valence-electron chi connectivity index (χ3n) is 2.83. The highest BCUT2D eigenvalue weighted by molar-refractivity contribution is 7.87. The summed E-state index contributed by atoms with van der Waals surface area (Å²) in [7, 11) is -2.56. The van der Waals surface area contributed by atoms with E-state index in [-0.39, 0.29) is 5.75 Å². The van der Waals surface area contributed by atoms with E-state index in [0.717, 1.165) is 24.1 Å². The largest absolute Gasteiger partial charge is 0.384 e. The maximum atomic E-state index is 13.5. The maximum absolute atomic E-state index is 13.5. The molecule has 0 aliphatic heterocycles. The summed E-state index contributed by atoms with van der Waals surface area (Å²) in [4.78, 5) is -0.478. The molecule has 0 atom stereocenters. The molecule has 0 radical (unpaired) electrons. The highest BCUT2D eigenvalue weighted by Gasteiger charge is 2.20. The summed E-state index contributed by atoms with van der Waals surface area (Å²) in [6.45, 7) is 0.577. The molecule has 0 spiro atoms. The normalized spacial score (nSPS) is 11.3. The molecule has 0 amide bonds. The van der Waals surface area contributed by atoms with Crippen LogP contribution in [0.1, 0.15) is 5.56 Å². The van der Waals surface area contributed by atoms with Crippen LogP contribution in [0.25, 0.3) is 0 Å². The van der Waals surface area contributed by atoms with E-state index in [1.54, 1.807) is 19.2 Å². The van der Waals surface area contributed by atoms with Crippen molar-refractivity contribution in [2.45, 2.75) is 11.3 Å². The van der Waals surface area contributed by atoms with E-state index in [1.165, 1.54) is 24.3 Å². The van der Waals surface area contributed by atoms with Crippen LogP contribution in [0.15, 0.2) is 53.4 Å². The molecular weight excluding hydrogens is 295 g/mol. The van der Waals surface area contributed by atoms with Crippen molar-refractivity contribution in [3.05, 3.63) is 59.9 Å². The summed E-state index contributed by atoms with van der Waals surface area (Å²) in [5.41, 5.74) is 0.993. The number of rotatable bonds is 6. The Balaban J connectivity index is 2.16. The second kappa shape index (κ2) is 6.69. The molecule has 6 heteroatoms. The lowest BCUT2D eigenvalue weighted by Crippen LogP contribution is -2.11. The molecule has 2 aromatic carbocycles. The first kappa shape index (κ1) is 15.5. The van der Waals surface area contributed by atoms with E-state index in [4.69, 9.17) is 8.92 Å². The number of hydrogen-bond donors (Lipinski definition) is 0. The standard InChI is InChI=1S/C15H15FO4S/c1-19-11-10-12-6-8-13(9-7-12)20-21(17,18)15-5-3-2-4-14(15)16/h2-9H,10-11H2,1H3. The van der Waals surface area contributed by atoms with E-state index in [0.29, 0.717) is 6.61 Å². The highest BCUT2D eigenvalue weighted by Crippen LogP contribution is 2.21. The minimum Gasteiger partial charge on any atom is -0.384 e. The van der Waals surface area contributed by atoms with Crippen molar-refractivity contribution in [1.29, 1.82) is 0 Å². The Hall–Kier alpha value is -1.92. The van der Waals surface area contributed by atoms with Gasteiger partial charge in [-0.15, -0.1) is 0 Å². The van der Waals surface area contributed by atoms with Gasteiger partial charge in [-0.2, -0.15) is 8.42 Å². The lowest BCUT2D eigenvalue weighted by Gasteiger charge is -2.08. The fraction of sp³-hybridized carbons (Fsp3) is 0.200. The second-order valence-corrected chi connectivity index (χ2v) is 5.87. The summed E-state index contributed by atoms with van der Waals surface area (Å²) >= 11 is 0. The topological polar surface area (TPSA) is 52.6 Å². The molecule has 0 unspecified atom stereocenters. The van der Waals surface area contributed by atoms with E-state index < -0.39 is 20.8 Å². The fourth-order valence-electron chi connectivity index (χ4n) is 1.75. The first-order valence-electron chi connectivity index (χ1n) is 6.30. The Morgan fingerprint density at radius 1 is 1.05 bits per heavy atom. The molecule has 2 aromatic rings. The van der Waals surface area contributed by atoms with Gasteiger partial charge in [0.2, 0.25) is 0 Å². The second-order valence-electron chi connectivity index (χ2n) is 4.35. The van der Waals surface area contributed by atoms with Gasteiger partial charge in [-0.1, -0.05) is 24.3 Å². The van der Waals surface area contributed by atoms with Gasteiger partial charge in [0.25, 0.3) is 0 Å². The van der Waals surface area contributed by atoms with Gasteiger partial charge in [0.05, 0.1) is 6.61 Å².